The molecule has 0 saturated carbocycles. The number of benzene rings is 1. The molecule has 3 rings (SSSR count). The molecule has 2 heterocycles. The lowest BCUT2D eigenvalue weighted by atomic mass is 10.2. The molecule has 6 heteroatoms. The molecular weight excluding hydrogens is 277 g/mol. The van der Waals surface area contributed by atoms with E-state index >= 15 is 0 Å². The van der Waals surface area contributed by atoms with E-state index in [1.165, 1.54) is 23.9 Å². The predicted octanol–water partition coefficient (Wildman–Crippen LogP) is 3.51. The first kappa shape index (κ1) is 12.9. The molecule has 0 unspecified atom stereocenters. The van der Waals surface area contributed by atoms with Crippen LogP contribution < -0.4 is 0 Å². The fourth-order valence-electron chi connectivity index (χ4n) is 1.84. The number of rotatable bonds is 4. The average Bonchev–Trinajstić information content (AvgIpc) is 3.06. The molecule has 102 valence electrons. The minimum atomic E-state index is -0.225. The second kappa shape index (κ2) is 5.50. The Hall–Kier alpha value is -2.08. The predicted molar refractivity (Wildman–Crippen MR) is 74.7 cm³/mol. The van der Waals surface area contributed by atoms with Crippen LogP contribution in [0.25, 0.3) is 11.6 Å². The number of furan rings is 1. The molecule has 1 aromatic carbocycles. The maximum atomic E-state index is 13.1. The summed E-state index contributed by atoms with van der Waals surface area (Å²) in [6.45, 7) is 0. The second-order valence-electron chi connectivity index (χ2n) is 4.26. The van der Waals surface area contributed by atoms with Gasteiger partial charge in [-0.05, 0) is 29.8 Å². The van der Waals surface area contributed by atoms with Crippen LogP contribution in [0.1, 0.15) is 5.56 Å². The number of hydrogen-bond donors (Lipinski definition) is 0. The molecular formula is C14H12FN3OS. The minimum Gasteiger partial charge on any atom is -0.461 e. The van der Waals surface area contributed by atoms with Gasteiger partial charge in [-0.2, -0.15) is 0 Å². The first-order valence-corrected chi connectivity index (χ1v) is 7.03. The summed E-state index contributed by atoms with van der Waals surface area (Å²) >= 11 is 1.51. The van der Waals surface area contributed by atoms with Gasteiger partial charge in [0.25, 0.3) is 0 Å². The van der Waals surface area contributed by atoms with Crippen molar-refractivity contribution in [1.82, 2.24) is 14.8 Å². The summed E-state index contributed by atoms with van der Waals surface area (Å²) in [4.78, 5) is 0. The summed E-state index contributed by atoms with van der Waals surface area (Å²) in [5.41, 5.74) is 0.914. The van der Waals surface area contributed by atoms with Gasteiger partial charge in [0, 0.05) is 12.8 Å². The fraction of sp³-hybridized carbons (Fsp3) is 0.143. The van der Waals surface area contributed by atoms with Crippen molar-refractivity contribution in [3.8, 4) is 11.6 Å². The Kier molecular flexibility index (Phi) is 3.56. The molecule has 2 aromatic heterocycles. The Bertz CT molecular complexity index is 709. The van der Waals surface area contributed by atoms with Crippen molar-refractivity contribution in [3.63, 3.8) is 0 Å². The summed E-state index contributed by atoms with van der Waals surface area (Å²) in [5.74, 6) is 1.77. The van der Waals surface area contributed by atoms with Gasteiger partial charge in [0.2, 0.25) is 0 Å². The third-order valence-electron chi connectivity index (χ3n) is 2.83. The van der Waals surface area contributed by atoms with Gasteiger partial charge in [0.15, 0.2) is 16.7 Å². The highest BCUT2D eigenvalue weighted by Gasteiger charge is 2.13. The van der Waals surface area contributed by atoms with Gasteiger partial charge in [-0.15, -0.1) is 10.2 Å². The molecule has 0 N–H and O–H groups in total. The van der Waals surface area contributed by atoms with E-state index in [-0.39, 0.29) is 5.82 Å². The van der Waals surface area contributed by atoms with Crippen LogP contribution in [0.3, 0.4) is 0 Å². The SMILES string of the molecule is Cn1c(SCc2cccc(F)c2)nnc1-c1ccco1. The molecule has 3 aromatic rings. The Morgan fingerprint density at radius 2 is 2.15 bits per heavy atom. The quantitative estimate of drug-likeness (QED) is 0.689. The van der Waals surface area contributed by atoms with Crippen LogP contribution in [0.15, 0.2) is 52.2 Å². The van der Waals surface area contributed by atoms with Gasteiger partial charge in [-0.1, -0.05) is 23.9 Å². The van der Waals surface area contributed by atoms with Gasteiger partial charge in [-0.25, -0.2) is 4.39 Å². The number of hydrogen-bond acceptors (Lipinski definition) is 4. The molecule has 0 saturated heterocycles. The smallest absolute Gasteiger partial charge is 0.200 e. The highest BCUT2D eigenvalue weighted by molar-refractivity contribution is 7.98. The van der Waals surface area contributed by atoms with E-state index in [2.05, 4.69) is 10.2 Å². The molecule has 0 aliphatic heterocycles. The van der Waals surface area contributed by atoms with E-state index in [9.17, 15) is 4.39 Å². The van der Waals surface area contributed by atoms with Crippen molar-refractivity contribution in [1.29, 1.82) is 0 Å². The minimum absolute atomic E-state index is 0.225. The van der Waals surface area contributed by atoms with Gasteiger partial charge >= 0.3 is 0 Å². The molecule has 20 heavy (non-hydrogen) atoms. The fourth-order valence-corrected chi connectivity index (χ4v) is 2.69. The van der Waals surface area contributed by atoms with Crippen molar-refractivity contribution in [2.75, 3.05) is 0 Å². The largest absolute Gasteiger partial charge is 0.461 e. The van der Waals surface area contributed by atoms with Crippen LogP contribution in [0, 0.1) is 5.82 Å². The third kappa shape index (κ3) is 2.60. The molecule has 0 aliphatic carbocycles. The number of halogens is 1. The molecule has 0 bridgehead atoms. The van der Waals surface area contributed by atoms with Crippen LogP contribution in [-0.4, -0.2) is 14.8 Å². The third-order valence-corrected chi connectivity index (χ3v) is 3.92. The standard InChI is InChI=1S/C14H12FN3OS/c1-18-13(12-6-3-7-19-12)16-17-14(18)20-9-10-4-2-5-11(15)8-10/h2-8H,9H2,1H3. The van der Waals surface area contributed by atoms with Crippen LogP contribution in [0.4, 0.5) is 4.39 Å². The molecule has 0 amide bonds. The van der Waals surface area contributed by atoms with Crippen LogP contribution in [0.5, 0.6) is 0 Å². The van der Waals surface area contributed by atoms with Crippen molar-refractivity contribution in [3.05, 3.63) is 54.0 Å². The van der Waals surface area contributed by atoms with Gasteiger partial charge in [-0.3, -0.25) is 0 Å². The zero-order chi connectivity index (χ0) is 13.9. The monoisotopic (exact) mass is 289 g/mol. The van der Waals surface area contributed by atoms with E-state index in [0.717, 1.165) is 10.7 Å². The van der Waals surface area contributed by atoms with Crippen molar-refractivity contribution < 1.29 is 8.81 Å². The van der Waals surface area contributed by atoms with Crippen molar-refractivity contribution in [2.45, 2.75) is 10.9 Å². The van der Waals surface area contributed by atoms with E-state index in [4.69, 9.17) is 4.42 Å². The first-order chi connectivity index (χ1) is 9.74. The summed E-state index contributed by atoms with van der Waals surface area (Å²) in [7, 11) is 1.88. The first-order valence-electron chi connectivity index (χ1n) is 6.04. The van der Waals surface area contributed by atoms with E-state index in [0.29, 0.717) is 17.3 Å². The van der Waals surface area contributed by atoms with Crippen LogP contribution in [-0.2, 0) is 12.8 Å². The zero-order valence-corrected chi connectivity index (χ0v) is 11.6. The Morgan fingerprint density at radius 1 is 1.25 bits per heavy atom. The maximum absolute atomic E-state index is 13.1. The molecule has 0 atom stereocenters. The Balaban J connectivity index is 1.76. The topological polar surface area (TPSA) is 43.9 Å². The lowest BCUT2D eigenvalue weighted by molar-refractivity contribution is 0.572. The summed E-state index contributed by atoms with van der Waals surface area (Å²) < 4.78 is 20.3. The molecule has 0 spiro atoms. The molecule has 4 nitrogen and oxygen atoms in total. The van der Waals surface area contributed by atoms with Gasteiger partial charge in [0.1, 0.15) is 5.82 Å². The second-order valence-corrected chi connectivity index (χ2v) is 5.20. The van der Waals surface area contributed by atoms with E-state index < -0.39 is 0 Å². The number of aromatic nitrogens is 3. The van der Waals surface area contributed by atoms with Gasteiger partial charge in [0.05, 0.1) is 6.26 Å². The summed E-state index contributed by atoms with van der Waals surface area (Å²) in [5, 5.41) is 9.01. The highest BCUT2D eigenvalue weighted by Crippen LogP contribution is 2.25. The molecule has 0 radical (unpaired) electrons. The van der Waals surface area contributed by atoms with Crippen molar-refractivity contribution >= 4 is 11.8 Å². The normalized spacial score (nSPS) is 10.9. The average molecular weight is 289 g/mol. The Morgan fingerprint density at radius 3 is 2.90 bits per heavy atom. The van der Waals surface area contributed by atoms with E-state index in [1.807, 2.05) is 29.8 Å². The lowest BCUT2D eigenvalue weighted by Gasteiger charge is -2.02. The maximum Gasteiger partial charge on any atom is 0.200 e. The molecule has 0 fully saturated rings. The number of nitrogens with zero attached hydrogens (tertiary/aromatic N) is 3. The van der Waals surface area contributed by atoms with Crippen LogP contribution in [0.2, 0.25) is 0 Å². The molecule has 0 aliphatic rings. The highest BCUT2D eigenvalue weighted by atomic mass is 32.2. The summed E-state index contributed by atoms with van der Waals surface area (Å²) in [6, 6.07) is 10.2. The van der Waals surface area contributed by atoms with E-state index in [1.54, 1.807) is 12.3 Å². The zero-order valence-electron chi connectivity index (χ0n) is 10.8. The van der Waals surface area contributed by atoms with Gasteiger partial charge < -0.3 is 8.98 Å². The number of thioether (sulfide) groups is 1. The van der Waals surface area contributed by atoms with Crippen LogP contribution >= 0.6 is 11.8 Å². The van der Waals surface area contributed by atoms with Crippen molar-refractivity contribution in [2.24, 2.45) is 7.05 Å². The lowest BCUT2D eigenvalue weighted by Crippen LogP contribution is -1.94. The summed E-state index contributed by atoms with van der Waals surface area (Å²) in [6.07, 6.45) is 1.60. The Labute approximate surface area is 119 Å².